The minimum absolute atomic E-state index is 0.871. The van der Waals surface area contributed by atoms with Gasteiger partial charge in [0.2, 0.25) is 0 Å². The van der Waals surface area contributed by atoms with E-state index in [1.165, 1.54) is 112 Å². The zero-order chi connectivity index (χ0) is 54.7. The topological polar surface area (TPSA) is 36.1 Å². The fourth-order valence-corrected chi connectivity index (χ4v) is 15.9. The van der Waals surface area contributed by atoms with Gasteiger partial charge < -0.3 is 18.0 Å². The van der Waals surface area contributed by atoms with E-state index in [9.17, 15) is 0 Å². The van der Waals surface area contributed by atoms with Gasteiger partial charge in [-0.25, -0.2) is 0 Å². The summed E-state index contributed by atoms with van der Waals surface area (Å²) in [6, 6.07) is 98.1. The summed E-state index contributed by atoms with van der Waals surface area (Å²) in [4.78, 5) is 0. The molecule has 84 heavy (non-hydrogen) atoms. The number of thiophene rings is 2. The van der Waals surface area contributed by atoms with Crippen molar-refractivity contribution in [2.45, 2.75) is 0 Å². The molecule has 0 amide bonds. The fraction of sp³-hybridized carbons (Fsp3) is 0. The van der Waals surface area contributed by atoms with E-state index in [0.29, 0.717) is 0 Å². The van der Waals surface area contributed by atoms with Crippen molar-refractivity contribution in [3.05, 3.63) is 267 Å². The van der Waals surface area contributed by atoms with Crippen LogP contribution in [0.15, 0.2) is 276 Å². The van der Waals surface area contributed by atoms with Crippen LogP contribution in [0.3, 0.4) is 0 Å². The molecule has 19 rings (SSSR count). The molecule has 13 aromatic carbocycles. The van der Waals surface area contributed by atoms with Gasteiger partial charge in [-0.1, -0.05) is 127 Å². The second-order valence-electron chi connectivity index (χ2n) is 22.4. The van der Waals surface area contributed by atoms with Crippen molar-refractivity contribution in [3.8, 4) is 55.9 Å². The number of hydrogen-bond acceptors (Lipinski definition) is 4. The maximum Gasteiger partial charge on any atom is 0.135 e. The standard InChI is InChI=1S/C78H44N2O2S2/c1-5-16-67-55(12-1)56-13-2-6-17-68(56)79(67)53-26-31-74-62(43-53)61-39-49(22-30-73(61)82-74)48-21-29-72-60(38-48)59-37-47(20-28-71(59)81-72)45-10-9-11-46(36-45)50-23-32-75-63(40-50)64-41-51(24-33-76(64)83-75)52-25-34-77-65(42-52)66-44-54(27-35-78(66)84-77)80-69-18-7-3-14-57(69)58-15-4-8-19-70(58)80/h1-44H. The summed E-state index contributed by atoms with van der Waals surface area (Å²) in [7, 11) is 0. The third kappa shape index (κ3) is 6.87. The molecular formula is C78H44N2O2S2. The van der Waals surface area contributed by atoms with Gasteiger partial charge in [-0.2, -0.15) is 0 Å². The largest absolute Gasteiger partial charge is 0.456 e. The number of aromatic nitrogens is 2. The molecule has 4 nitrogen and oxygen atoms in total. The molecular weight excluding hydrogens is 1060 g/mol. The first-order valence-corrected chi connectivity index (χ1v) is 30.1. The number of furan rings is 2. The number of para-hydroxylation sites is 4. The van der Waals surface area contributed by atoms with Gasteiger partial charge in [0.05, 0.1) is 22.1 Å². The number of fused-ring (bicyclic) bond motifs is 18. The molecule has 0 fully saturated rings. The third-order valence-corrected chi connectivity index (χ3v) is 20.0. The van der Waals surface area contributed by atoms with Crippen LogP contribution in [0.2, 0.25) is 0 Å². The molecule has 19 aromatic rings. The fourth-order valence-electron chi connectivity index (χ4n) is 13.7. The van der Waals surface area contributed by atoms with Gasteiger partial charge in [-0.05, 0) is 184 Å². The first-order chi connectivity index (χ1) is 41.6. The Kier molecular flexibility index (Phi) is 9.62. The van der Waals surface area contributed by atoms with E-state index in [0.717, 1.165) is 71.8 Å². The molecule has 6 heterocycles. The van der Waals surface area contributed by atoms with Gasteiger partial charge in [0.25, 0.3) is 0 Å². The van der Waals surface area contributed by atoms with E-state index in [-0.39, 0.29) is 0 Å². The first-order valence-electron chi connectivity index (χ1n) is 28.5. The molecule has 0 aliphatic heterocycles. The smallest absolute Gasteiger partial charge is 0.135 e. The molecule has 0 atom stereocenters. The lowest BCUT2D eigenvalue weighted by molar-refractivity contribution is 0.668. The molecule has 0 aliphatic carbocycles. The summed E-state index contributed by atoms with van der Waals surface area (Å²) in [5.74, 6) is 0. The minimum Gasteiger partial charge on any atom is -0.456 e. The van der Waals surface area contributed by atoms with Crippen molar-refractivity contribution in [1.29, 1.82) is 0 Å². The molecule has 0 unspecified atom stereocenters. The summed E-state index contributed by atoms with van der Waals surface area (Å²) in [6.07, 6.45) is 0. The Labute approximate surface area is 488 Å². The van der Waals surface area contributed by atoms with Crippen LogP contribution in [0.25, 0.3) is 184 Å². The summed E-state index contributed by atoms with van der Waals surface area (Å²) < 4.78 is 23.0. The highest BCUT2D eigenvalue weighted by molar-refractivity contribution is 7.26. The van der Waals surface area contributed by atoms with Crippen LogP contribution in [0.1, 0.15) is 0 Å². The quantitative estimate of drug-likeness (QED) is 0.166. The summed E-state index contributed by atoms with van der Waals surface area (Å²) >= 11 is 3.74. The normalized spacial score (nSPS) is 12.3. The maximum absolute atomic E-state index is 6.51. The van der Waals surface area contributed by atoms with E-state index < -0.39 is 0 Å². The van der Waals surface area contributed by atoms with Crippen LogP contribution in [0, 0.1) is 0 Å². The van der Waals surface area contributed by atoms with Crippen molar-refractivity contribution >= 4 is 151 Å². The van der Waals surface area contributed by atoms with Crippen molar-refractivity contribution < 1.29 is 8.83 Å². The van der Waals surface area contributed by atoms with E-state index >= 15 is 0 Å². The van der Waals surface area contributed by atoms with Crippen LogP contribution >= 0.6 is 22.7 Å². The van der Waals surface area contributed by atoms with Crippen LogP contribution < -0.4 is 0 Å². The zero-order valence-corrected chi connectivity index (χ0v) is 46.6. The lowest BCUT2D eigenvalue weighted by Gasteiger charge is -2.08. The van der Waals surface area contributed by atoms with Crippen LogP contribution in [-0.2, 0) is 0 Å². The van der Waals surface area contributed by atoms with Gasteiger partial charge in [-0.15, -0.1) is 22.7 Å². The number of benzene rings is 13. The second kappa shape index (κ2) is 17.5. The summed E-state index contributed by atoms with van der Waals surface area (Å²) in [6.45, 7) is 0. The molecule has 0 spiro atoms. The molecule has 0 aliphatic rings. The molecule has 0 N–H and O–H groups in total. The molecule has 6 heteroatoms. The average molecular weight is 1110 g/mol. The Morgan fingerprint density at radius 1 is 0.202 bits per heavy atom. The predicted molar refractivity (Wildman–Crippen MR) is 357 cm³/mol. The van der Waals surface area contributed by atoms with Gasteiger partial charge in [-0.3, -0.25) is 0 Å². The lowest BCUT2D eigenvalue weighted by Crippen LogP contribution is -1.93. The first kappa shape index (κ1) is 46.1. The number of rotatable bonds is 6. The highest BCUT2D eigenvalue weighted by Crippen LogP contribution is 2.44. The average Bonchev–Trinajstić information content (AvgIpc) is 2.77. The van der Waals surface area contributed by atoms with Crippen molar-refractivity contribution in [3.63, 3.8) is 0 Å². The zero-order valence-electron chi connectivity index (χ0n) is 44.9. The maximum atomic E-state index is 6.51. The second-order valence-corrected chi connectivity index (χ2v) is 24.5. The van der Waals surface area contributed by atoms with Crippen molar-refractivity contribution in [2.75, 3.05) is 0 Å². The molecule has 0 radical (unpaired) electrons. The molecule has 6 aromatic heterocycles. The molecule has 0 bridgehead atoms. The minimum atomic E-state index is 0.871. The van der Waals surface area contributed by atoms with Crippen LogP contribution in [-0.4, -0.2) is 9.13 Å². The Morgan fingerprint density at radius 3 is 0.869 bits per heavy atom. The van der Waals surface area contributed by atoms with Gasteiger partial charge in [0.1, 0.15) is 22.3 Å². The van der Waals surface area contributed by atoms with Crippen molar-refractivity contribution in [1.82, 2.24) is 9.13 Å². The Balaban J connectivity index is 0.650. The lowest BCUT2D eigenvalue weighted by atomic mass is 9.96. The van der Waals surface area contributed by atoms with Crippen LogP contribution in [0.5, 0.6) is 0 Å². The third-order valence-electron chi connectivity index (χ3n) is 17.7. The highest BCUT2D eigenvalue weighted by atomic mass is 32.1. The van der Waals surface area contributed by atoms with E-state index in [4.69, 9.17) is 8.83 Å². The highest BCUT2D eigenvalue weighted by Gasteiger charge is 2.19. The van der Waals surface area contributed by atoms with E-state index in [2.05, 4.69) is 276 Å². The Morgan fingerprint density at radius 2 is 0.476 bits per heavy atom. The van der Waals surface area contributed by atoms with Gasteiger partial charge >= 0.3 is 0 Å². The monoisotopic (exact) mass is 1100 g/mol. The van der Waals surface area contributed by atoms with Crippen LogP contribution in [0.4, 0.5) is 0 Å². The Hall–Kier alpha value is -10.5. The number of nitrogens with zero attached hydrogens (tertiary/aromatic N) is 2. The SMILES string of the molecule is c1cc(-c2ccc3oc4ccc(-c5ccc6oc7ccc(-n8c9ccccc9c9ccccc98)cc7c6c5)cc4c3c2)cc(-c2ccc3sc4ccc(-c5ccc6sc7ccc(-n8c9ccccc9c9ccccc98)cc7c6c5)cc4c3c2)c1. The van der Waals surface area contributed by atoms with Gasteiger partial charge in [0, 0.05) is 94.8 Å². The predicted octanol–water partition coefficient (Wildman–Crippen LogP) is 23.1. The molecule has 390 valence electrons. The Bertz CT molecular complexity index is 5550. The van der Waals surface area contributed by atoms with Crippen molar-refractivity contribution in [2.24, 2.45) is 0 Å². The number of hydrogen-bond donors (Lipinski definition) is 0. The summed E-state index contributed by atoms with van der Waals surface area (Å²) in [5.41, 5.74) is 20.0. The van der Waals surface area contributed by atoms with E-state index in [1.807, 2.05) is 22.7 Å². The van der Waals surface area contributed by atoms with E-state index in [1.54, 1.807) is 0 Å². The molecule has 0 saturated heterocycles. The molecule has 0 saturated carbocycles. The van der Waals surface area contributed by atoms with Gasteiger partial charge in [0.15, 0.2) is 0 Å². The summed E-state index contributed by atoms with van der Waals surface area (Å²) in [5, 5.41) is 14.6.